The minimum Gasteiger partial charge on any atom is -0.435 e. The Kier molecular flexibility index (Phi) is 5.53. The molecular formula is C26H26F3N7O2. The number of hydrogen-bond acceptors (Lipinski definition) is 7. The molecule has 2 fully saturated rings. The Morgan fingerprint density at radius 1 is 0.947 bits per heavy atom. The second-order valence-corrected chi connectivity index (χ2v) is 10.1. The largest absolute Gasteiger partial charge is 0.453 e. The first-order valence-electron chi connectivity index (χ1n) is 12.9. The quantitative estimate of drug-likeness (QED) is 0.359. The summed E-state index contributed by atoms with van der Waals surface area (Å²) in [5, 5.41) is 9.45. The van der Waals surface area contributed by atoms with Crippen LogP contribution >= 0.6 is 0 Å². The number of pyridine rings is 1. The highest BCUT2D eigenvalue weighted by Gasteiger charge is 2.38. The molecule has 3 aliphatic rings. The number of rotatable bonds is 5. The van der Waals surface area contributed by atoms with Crippen LogP contribution in [0.5, 0.6) is 11.6 Å². The van der Waals surface area contributed by atoms with Gasteiger partial charge in [-0.2, -0.15) is 18.3 Å². The maximum atomic E-state index is 13.1. The van der Waals surface area contributed by atoms with Crippen LogP contribution in [0.1, 0.15) is 55.0 Å². The Hall–Kier alpha value is -3.67. The zero-order valence-corrected chi connectivity index (χ0v) is 20.6. The van der Waals surface area contributed by atoms with Crippen LogP contribution in [0.2, 0.25) is 0 Å². The van der Waals surface area contributed by atoms with Crippen LogP contribution in [0.15, 0.2) is 36.5 Å². The van der Waals surface area contributed by atoms with Crippen molar-refractivity contribution in [3.05, 3.63) is 53.9 Å². The summed E-state index contributed by atoms with van der Waals surface area (Å²) in [6.45, 7) is 2.53. The Morgan fingerprint density at radius 2 is 1.76 bits per heavy atom. The van der Waals surface area contributed by atoms with Gasteiger partial charge in [0.1, 0.15) is 11.5 Å². The van der Waals surface area contributed by atoms with E-state index in [1.165, 1.54) is 4.68 Å². The van der Waals surface area contributed by atoms with Crippen molar-refractivity contribution >= 4 is 16.6 Å². The van der Waals surface area contributed by atoms with E-state index in [4.69, 9.17) is 19.6 Å². The number of alkyl halides is 3. The van der Waals surface area contributed by atoms with E-state index in [1.807, 2.05) is 46.1 Å². The van der Waals surface area contributed by atoms with Gasteiger partial charge < -0.3 is 14.4 Å². The SMILES string of the molecule is FC(F)(F)c1nc2n(n1)CCN(c1ccc3ccc(Oc4cn(C5CC5)nc4C4CCOCC4)nc3c1)C2. The van der Waals surface area contributed by atoms with E-state index >= 15 is 0 Å². The standard InChI is InChI=1S/C26H26F3N7O2/c27-26(28,29)25-31-22-15-34(9-10-35(22)33-25)19-3-1-16-2-6-23(30-20(16)13-19)38-21-14-36(18-4-5-18)32-24(21)17-7-11-37-12-8-17/h1-3,6,13-14,17-18H,4-5,7-12,15H2. The number of halogens is 3. The third-order valence-electron chi connectivity index (χ3n) is 7.40. The van der Waals surface area contributed by atoms with Gasteiger partial charge in [0.25, 0.3) is 5.82 Å². The van der Waals surface area contributed by atoms with E-state index in [2.05, 4.69) is 10.1 Å². The van der Waals surface area contributed by atoms with Gasteiger partial charge in [-0.3, -0.25) is 4.68 Å². The third kappa shape index (κ3) is 4.46. The van der Waals surface area contributed by atoms with Crippen molar-refractivity contribution in [2.24, 2.45) is 0 Å². The predicted molar refractivity (Wildman–Crippen MR) is 131 cm³/mol. The van der Waals surface area contributed by atoms with E-state index in [9.17, 15) is 13.2 Å². The van der Waals surface area contributed by atoms with Gasteiger partial charge in [-0.05, 0) is 43.9 Å². The van der Waals surface area contributed by atoms with Crippen LogP contribution in [0.25, 0.3) is 10.9 Å². The molecule has 1 saturated carbocycles. The van der Waals surface area contributed by atoms with Crippen molar-refractivity contribution in [2.45, 2.75) is 56.9 Å². The molecule has 0 bridgehead atoms. The fourth-order valence-corrected chi connectivity index (χ4v) is 5.18. The van der Waals surface area contributed by atoms with E-state index in [0.29, 0.717) is 36.8 Å². The lowest BCUT2D eigenvalue weighted by Gasteiger charge is -2.28. The molecule has 1 aromatic carbocycles. The molecule has 38 heavy (non-hydrogen) atoms. The lowest BCUT2D eigenvalue weighted by atomic mass is 9.96. The average molecular weight is 526 g/mol. The summed E-state index contributed by atoms with van der Waals surface area (Å²) in [7, 11) is 0. The summed E-state index contributed by atoms with van der Waals surface area (Å²) in [4.78, 5) is 10.5. The molecular weight excluding hydrogens is 499 g/mol. The predicted octanol–water partition coefficient (Wildman–Crippen LogP) is 5.08. The van der Waals surface area contributed by atoms with E-state index in [-0.39, 0.29) is 6.54 Å². The minimum absolute atomic E-state index is 0.236. The van der Waals surface area contributed by atoms with Crippen molar-refractivity contribution in [2.75, 3.05) is 24.7 Å². The fourth-order valence-electron chi connectivity index (χ4n) is 5.18. The molecule has 12 heteroatoms. The van der Waals surface area contributed by atoms with Gasteiger partial charge in [0.05, 0.1) is 30.8 Å². The topological polar surface area (TPSA) is 83.1 Å². The normalized spacial score (nSPS) is 18.7. The summed E-state index contributed by atoms with van der Waals surface area (Å²) >= 11 is 0. The monoisotopic (exact) mass is 525 g/mol. The molecule has 0 atom stereocenters. The summed E-state index contributed by atoms with van der Waals surface area (Å²) in [5.41, 5.74) is 2.56. The molecule has 1 aliphatic carbocycles. The summed E-state index contributed by atoms with van der Waals surface area (Å²) < 4.78 is 54.4. The van der Waals surface area contributed by atoms with Gasteiger partial charge in [0.2, 0.25) is 5.88 Å². The molecule has 198 valence electrons. The van der Waals surface area contributed by atoms with Crippen LogP contribution in [-0.2, 0) is 24.0 Å². The van der Waals surface area contributed by atoms with E-state index in [0.717, 1.165) is 66.9 Å². The molecule has 7 rings (SSSR count). The lowest BCUT2D eigenvalue weighted by molar-refractivity contribution is -0.145. The molecule has 0 N–H and O–H groups in total. The number of fused-ring (bicyclic) bond motifs is 2. The molecule has 2 aliphatic heterocycles. The molecule has 0 spiro atoms. The summed E-state index contributed by atoms with van der Waals surface area (Å²) in [5.74, 6) is 0.711. The van der Waals surface area contributed by atoms with Crippen molar-refractivity contribution in [1.29, 1.82) is 0 Å². The van der Waals surface area contributed by atoms with E-state index in [1.54, 1.807) is 0 Å². The number of anilines is 1. The average Bonchev–Trinajstić information content (AvgIpc) is 3.53. The van der Waals surface area contributed by atoms with Crippen LogP contribution in [-0.4, -0.2) is 49.3 Å². The number of aromatic nitrogens is 6. The second kappa shape index (κ2) is 8.97. The van der Waals surface area contributed by atoms with Crippen molar-refractivity contribution in [1.82, 2.24) is 29.5 Å². The Bertz CT molecular complexity index is 1490. The number of benzene rings is 1. The first-order valence-corrected chi connectivity index (χ1v) is 12.9. The van der Waals surface area contributed by atoms with Gasteiger partial charge in [0, 0.05) is 42.8 Å². The molecule has 4 aromatic rings. The Morgan fingerprint density at radius 3 is 2.55 bits per heavy atom. The molecule has 5 heterocycles. The molecule has 1 saturated heterocycles. The van der Waals surface area contributed by atoms with Gasteiger partial charge in [-0.1, -0.05) is 6.07 Å². The van der Waals surface area contributed by atoms with Gasteiger partial charge in [-0.25, -0.2) is 14.6 Å². The van der Waals surface area contributed by atoms with Crippen LogP contribution < -0.4 is 9.64 Å². The minimum atomic E-state index is -4.56. The first kappa shape index (κ1) is 23.4. The highest BCUT2D eigenvalue weighted by Crippen LogP contribution is 2.40. The number of hydrogen-bond donors (Lipinski definition) is 0. The van der Waals surface area contributed by atoms with E-state index < -0.39 is 12.0 Å². The van der Waals surface area contributed by atoms with Gasteiger partial charge in [0.15, 0.2) is 5.75 Å². The third-order valence-corrected chi connectivity index (χ3v) is 7.40. The maximum absolute atomic E-state index is 13.1. The molecule has 9 nitrogen and oxygen atoms in total. The zero-order valence-electron chi connectivity index (χ0n) is 20.6. The highest BCUT2D eigenvalue weighted by atomic mass is 19.4. The molecule has 0 unspecified atom stereocenters. The molecule has 3 aromatic heterocycles. The fraction of sp³-hybridized carbons (Fsp3) is 0.462. The highest BCUT2D eigenvalue weighted by molar-refractivity contribution is 5.83. The van der Waals surface area contributed by atoms with Crippen LogP contribution in [0.3, 0.4) is 0 Å². The number of ether oxygens (including phenoxy) is 2. The Balaban J connectivity index is 1.15. The number of nitrogens with zero attached hydrogens (tertiary/aromatic N) is 7. The second-order valence-electron chi connectivity index (χ2n) is 10.1. The van der Waals surface area contributed by atoms with Crippen molar-refractivity contribution in [3.63, 3.8) is 0 Å². The molecule has 0 radical (unpaired) electrons. The Labute approximate surface area is 216 Å². The smallest absolute Gasteiger partial charge is 0.435 e. The maximum Gasteiger partial charge on any atom is 0.453 e. The van der Waals surface area contributed by atoms with Crippen LogP contribution in [0.4, 0.5) is 18.9 Å². The summed E-state index contributed by atoms with van der Waals surface area (Å²) in [6, 6.07) is 10.1. The van der Waals surface area contributed by atoms with Gasteiger partial charge >= 0.3 is 6.18 Å². The van der Waals surface area contributed by atoms with Crippen LogP contribution in [0, 0.1) is 0 Å². The van der Waals surface area contributed by atoms with Crippen molar-refractivity contribution < 1.29 is 22.6 Å². The molecule has 0 amide bonds. The lowest BCUT2D eigenvalue weighted by Crippen LogP contribution is -2.34. The van der Waals surface area contributed by atoms with Gasteiger partial charge in [-0.15, -0.1) is 5.10 Å². The first-order chi connectivity index (χ1) is 18.4. The van der Waals surface area contributed by atoms with Crippen molar-refractivity contribution in [3.8, 4) is 11.6 Å². The summed E-state index contributed by atoms with van der Waals surface area (Å²) in [6.07, 6.45) is 1.54. The zero-order chi connectivity index (χ0) is 25.9.